The van der Waals surface area contributed by atoms with E-state index in [1.165, 1.54) is 0 Å². The van der Waals surface area contributed by atoms with E-state index in [0.29, 0.717) is 0 Å². The molecule has 14 heavy (non-hydrogen) atoms. The Morgan fingerprint density at radius 2 is 2.14 bits per heavy atom. The van der Waals surface area contributed by atoms with Crippen LogP contribution in [0.15, 0.2) is 24.3 Å². The van der Waals surface area contributed by atoms with Crippen molar-refractivity contribution >= 4 is 23.2 Å². The van der Waals surface area contributed by atoms with Gasteiger partial charge in [-0.1, -0.05) is 12.1 Å². The fraction of sp³-hybridized carbons (Fsp3) is 0.364. The molecule has 0 aliphatic carbocycles. The lowest BCUT2D eigenvalue weighted by Crippen LogP contribution is -2.31. The summed E-state index contributed by atoms with van der Waals surface area (Å²) in [5, 5.41) is -0.486. The van der Waals surface area contributed by atoms with Crippen LogP contribution in [0.25, 0.3) is 0 Å². The zero-order chi connectivity index (χ0) is 10.7. The number of carbonyl (C=O) groups excluding carboxylic acids is 1. The van der Waals surface area contributed by atoms with Crippen molar-refractivity contribution in [2.45, 2.75) is 19.2 Å². The van der Waals surface area contributed by atoms with Crippen molar-refractivity contribution in [1.82, 2.24) is 0 Å². The Balaban J connectivity index is 2.89. The van der Waals surface area contributed by atoms with Gasteiger partial charge in [-0.3, -0.25) is 4.79 Å². The van der Waals surface area contributed by atoms with Crippen molar-refractivity contribution in [2.75, 3.05) is 11.9 Å². The maximum atomic E-state index is 11.5. The molecule has 0 N–H and O–H groups in total. The van der Waals surface area contributed by atoms with E-state index in [1.54, 1.807) is 18.9 Å². The van der Waals surface area contributed by atoms with E-state index in [9.17, 15) is 4.79 Å². The first-order chi connectivity index (χ1) is 6.52. The first kappa shape index (κ1) is 11.1. The fourth-order valence-corrected chi connectivity index (χ4v) is 1.38. The smallest absolute Gasteiger partial charge is 0.244 e. The van der Waals surface area contributed by atoms with Crippen LogP contribution in [0.2, 0.25) is 0 Å². The fourth-order valence-electron chi connectivity index (χ4n) is 1.23. The van der Waals surface area contributed by atoms with Gasteiger partial charge in [0.15, 0.2) is 0 Å². The van der Waals surface area contributed by atoms with Gasteiger partial charge in [0.2, 0.25) is 5.91 Å². The van der Waals surface area contributed by atoms with Crippen LogP contribution in [-0.2, 0) is 4.79 Å². The van der Waals surface area contributed by atoms with E-state index in [1.807, 2.05) is 31.2 Å². The number of benzene rings is 1. The molecule has 0 fully saturated rings. The molecule has 0 bridgehead atoms. The molecule has 0 aliphatic rings. The Bertz CT molecular complexity index is 336. The van der Waals surface area contributed by atoms with Crippen molar-refractivity contribution in [3.8, 4) is 0 Å². The maximum Gasteiger partial charge on any atom is 0.244 e. The molecule has 76 valence electrons. The third-order valence-corrected chi connectivity index (χ3v) is 2.25. The van der Waals surface area contributed by atoms with Gasteiger partial charge < -0.3 is 4.90 Å². The molecule has 1 aromatic carbocycles. The van der Waals surface area contributed by atoms with Gasteiger partial charge in [-0.05, 0) is 31.5 Å². The lowest BCUT2D eigenvalue weighted by molar-refractivity contribution is -0.117. The van der Waals surface area contributed by atoms with Gasteiger partial charge in [-0.2, -0.15) is 0 Å². The number of amides is 1. The second-order valence-electron chi connectivity index (χ2n) is 3.35. The minimum atomic E-state index is -0.486. The predicted octanol–water partition coefficient (Wildman–Crippen LogP) is 2.59. The average Bonchev–Trinajstić information content (AvgIpc) is 2.15. The minimum absolute atomic E-state index is 0.0859. The molecular weight excluding hydrogens is 198 g/mol. The van der Waals surface area contributed by atoms with Crippen molar-refractivity contribution in [1.29, 1.82) is 0 Å². The third-order valence-electron chi connectivity index (χ3n) is 2.06. The highest BCUT2D eigenvalue weighted by molar-refractivity contribution is 6.32. The third kappa shape index (κ3) is 2.48. The molecule has 0 saturated carbocycles. The van der Waals surface area contributed by atoms with E-state index in [0.717, 1.165) is 11.3 Å². The molecule has 1 atom stereocenters. The number of halogens is 1. The van der Waals surface area contributed by atoms with Crippen molar-refractivity contribution in [3.63, 3.8) is 0 Å². The summed E-state index contributed by atoms with van der Waals surface area (Å²) in [4.78, 5) is 13.1. The van der Waals surface area contributed by atoms with Crippen LogP contribution in [0.5, 0.6) is 0 Å². The van der Waals surface area contributed by atoms with Crippen molar-refractivity contribution < 1.29 is 4.79 Å². The molecule has 0 saturated heterocycles. The summed E-state index contributed by atoms with van der Waals surface area (Å²) in [5.74, 6) is -0.0859. The monoisotopic (exact) mass is 211 g/mol. The number of anilines is 1. The topological polar surface area (TPSA) is 20.3 Å². The Kier molecular flexibility index (Phi) is 3.53. The van der Waals surface area contributed by atoms with Crippen LogP contribution in [-0.4, -0.2) is 18.3 Å². The van der Waals surface area contributed by atoms with Crippen LogP contribution in [0.4, 0.5) is 5.69 Å². The van der Waals surface area contributed by atoms with Gasteiger partial charge in [0.1, 0.15) is 5.38 Å². The van der Waals surface area contributed by atoms with E-state index < -0.39 is 5.38 Å². The quantitative estimate of drug-likeness (QED) is 0.689. The van der Waals surface area contributed by atoms with Crippen LogP contribution < -0.4 is 4.90 Å². The van der Waals surface area contributed by atoms with Crippen LogP contribution in [0, 0.1) is 6.92 Å². The Morgan fingerprint density at radius 3 is 2.64 bits per heavy atom. The maximum absolute atomic E-state index is 11.5. The summed E-state index contributed by atoms with van der Waals surface area (Å²) >= 11 is 5.72. The van der Waals surface area contributed by atoms with Gasteiger partial charge in [0, 0.05) is 12.7 Å². The first-order valence-electron chi connectivity index (χ1n) is 4.50. The molecule has 1 unspecified atom stereocenters. The van der Waals surface area contributed by atoms with Gasteiger partial charge >= 0.3 is 0 Å². The van der Waals surface area contributed by atoms with E-state index >= 15 is 0 Å². The van der Waals surface area contributed by atoms with Gasteiger partial charge in [0.05, 0.1) is 0 Å². The van der Waals surface area contributed by atoms with E-state index in [4.69, 9.17) is 11.6 Å². The highest BCUT2D eigenvalue weighted by atomic mass is 35.5. The molecule has 3 heteroatoms. The largest absolute Gasteiger partial charge is 0.314 e. The summed E-state index contributed by atoms with van der Waals surface area (Å²) in [6, 6.07) is 7.76. The molecule has 0 aromatic heterocycles. The number of hydrogen-bond acceptors (Lipinski definition) is 1. The lowest BCUT2D eigenvalue weighted by Gasteiger charge is -2.18. The van der Waals surface area contributed by atoms with Crippen LogP contribution in [0.3, 0.4) is 0 Å². The Labute approximate surface area is 89.5 Å². The summed E-state index contributed by atoms with van der Waals surface area (Å²) in [6.45, 7) is 3.67. The molecule has 0 heterocycles. The Morgan fingerprint density at radius 1 is 1.50 bits per heavy atom. The van der Waals surface area contributed by atoms with Crippen LogP contribution in [0.1, 0.15) is 12.5 Å². The standard InChI is InChI=1S/C11H14ClNO/c1-8-5-4-6-10(7-8)13(3)11(14)9(2)12/h4-7,9H,1-3H3. The number of nitrogens with zero attached hydrogens (tertiary/aromatic N) is 1. The number of alkyl halides is 1. The highest BCUT2D eigenvalue weighted by Gasteiger charge is 2.15. The number of hydrogen-bond donors (Lipinski definition) is 0. The number of carbonyl (C=O) groups is 1. The van der Waals surface area contributed by atoms with Crippen molar-refractivity contribution in [3.05, 3.63) is 29.8 Å². The summed E-state index contributed by atoms with van der Waals surface area (Å²) in [7, 11) is 1.73. The second-order valence-corrected chi connectivity index (χ2v) is 4.01. The van der Waals surface area contributed by atoms with Gasteiger partial charge in [-0.15, -0.1) is 11.6 Å². The normalized spacial score (nSPS) is 12.3. The highest BCUT2D eigenvalue weighted by Crippen LogP contribution is 2.16. The summed E-state index contributed by atoms with van der Waals surface area (Å²) in [6.07, 6.45) is 0. The number of aryl methyl sites for hydroxylation is 1. The summed E-state index contributed by atoms with van der Waals surface area (Å²) in [5.41, 5.74) is 2.01. The predicted molar refractivity (Wildman–Crippen MR) is 59.9 cm³/mol. The molecule has 1 aromatic rings. The molecule has 2 nitrogen and oxygen atoms in total. The molecule has 1 rings (SSSR count). The first-order valence-corrected chi connectivity index (χ1v) is 4.94. The van der Waals surface area contributed by atoms with Crippen molar-refractivity contribution in [2.24, 2.45) is 0 Å². The lowest BCUT2D eigenvalue weighted by atomic mass is 10.2. The van der Waals surface area contributed by atoms with E-state index in [2.05, 4.69) is 0 Å². The molecule has 0 radical (unpaired) electrons. The second kappa shape index (κ2) is 4.47. The molecule has 0 aliphatic heterocycles. The van der Waals surface area contributed by atoms with Crippen LogP contribution >= 0.6 is 11.6 Å². The Hall–Kier alpha value is -1.02. The zero-order valence-corrected chi connectivity index (χ0v) is 9.38. The molecular formula is C11H14ClNO. The number of rotatable bonds is 2. The average molecular weight is 212 g/mol. The molecule has 0 spiro atoms. The summed E-state index contributed by atoms with van der Waals surface area (Å²) < 4.78 is 0. The molecule has 1 amide bonds. The zero-order valence-electron chi connectivity index (χ0n) is 8.62. The van der Waals surface area contributed by atoms with E-state index in [-0.39, 0.29) is 5.91 Å². The van der Waals surface area contributed by atoms with Gasteiger partial charge in [-0.25, -0.2) is 0 Å². The van der Waals surface area contributed by atoms with Gasteiger partial charge in [0.25, 0.3) is 0 Å². The SMILES string of the molecule is Cc1cccc(N(C)C(=O)C(C)Cl)c1. The minimum Gasteiger partial charge on any atom is -0.314 e.